The van der Waals surface area contributed by atoms with Crippen molar-refractivity contribution in [3.8, 4) is 0 Å². The van der Waals surface area contributed by atoms with Crippen molar-refractivity contribution in [2.75, 3.05) is 7.11 Å². The molecule has 2 nitrogen and oxygen atoms in total. The fraction of sp³-hybridized carbons (Fsp3) is 0.588. The lowest BCUT2D eigenvalue weighted by Crippen LogP contribution is -2.33. The van der Waals surface area contributed by atoms with Crippen molar-refractivity contribution < 1.29 is 9.53 Å². The van der Waals surface area contributed by atoms with Gasteiger partial charge in [-0.2, -0.15) is 0 Å². The van der Waals surface area contributed by atoms with Crippen LogP contribution in [0.1, 0.15) is 53.6 Å². The van der Waals surface area contributed by atoms with Gasteiger partial charge in [0.1, 0.15) is 6.10 Å². The fourth-order valence-corrected chi connectivity index (χ4v) is 3.12. The second-order valence-electron chi connectivity index (χ2n) is 5.67. The number of carbonyl (C=O) groups is 1. The normalized spacial score (nSPS) is 18.3. The highest BCUT2D eigenvalue weighted by Crippen LogP contribution is 2.30. The van der Waals surface area contributed by atoms with Gasteiger partial charge in [0, 0.05) is 12.7 Å². The molecule has 2 rings (SSSR count). The van der Waals surface area contributed by atoms with Crippen LogP contribution < -0.4 is 0 Å². The fourth-order valence-electron chi connectivity index (χ4n) is 3.12. The molecule has 104 valence electrons. The monoisotopic (exact) mass is 260 g/mol. The van der Waals surface area contributed by atoms with E-state index in [9.17, 15) is 4.79 Å². The Bertz CT molecular complexity index is 445. The predicted molar refractivity (Wildman–Crippen MR) is 77.6 cm³/mol. The molecule has 0 heterocycles. The van der Waals surface area contributed by atoms with Crippen LogP contribution in [-0.4, -0.2) is 19.0 Å². The Balaban J connectivity index is 2.22. The van der Waals surface area contributed by atoms with Crippen LogP contribution in [0.4, 0.5) is 0 Å². The summed E-state index contributed by atoms with van der Waals surface area (Å²) in [5.74, 6) is 0.557. The summed E-state index contributed by atoms with van der Waals surface area (Å²) in [6.45, 7) is 4.07. The molecule has 1 saturated carbocycles. The molecule has 0 amide bonds. The van der Waals surface area contributed by atoms with Gasteiger partial charge in [-0.25, -0.2) is 0 Å². The van der Waals surface area contributed by atoms with Gasteiger partial charge < -0.3 is 4.74 Å². The number of hydrogen-bond donors (Lipinski definition) is 0. The zero-order valence-electron chi connectivity index (χ0n) is 12.2. The van der Waals surface area contributed by atoms with Gasteiger partial charge >= 0.3 is 0 Å². The molecule has 1 aliphatic rings. The van der Waals surface area contributed by atoms with Crippen LogP contribution in [0, 0.1) is 19.8 Å². The molecule has 0 N–H and O–H groups in total. The molecule has 1 aromatic carbocycles. The zero-order chi connectivity index (χ0) is 13.8. The maximum Gasteiger partial charge on any atom is 0.192 e. The number of benzene rings is 1. The standard InChI is InChI=1S/C17H24O2/c1-12-8-7-11-15(13(12)2)16(18)17(19-3)14-9-5-4-6-10-14/h7-8,11,14,17H,4-6,9-10H2,1-3H3. The van der Waals surface area contributed by atoms with E-state index >= 15 is 0 Å². The molecule has 0 saturated heterocycles. The van der Waals surface area contributed by atoms with Gasteiger partial charge in [-0.3, -0.25) is 4.79 Å². The van der Waals surface area contributed by atoms with Crippen molar-refractivity contribution in [1.82, 2.24) is 0 Å². The average molecular weight is 260 g/mol. The summed E-state index contributed by atoms with van der Waals surface area (Å²) in [6, 6.07) is 5.94. The van der Waals surface area contributed by atoms with Crippen LogP contribution in [0.5, 0.6) is 0 Å². The first kappa shape index (κ1) is 14.3. The first-order chi connectivity index (χ1) is 9.15. The summed E-state index contributed by atoms with van der Waals surface area (Å²) >= 11 is 0. The van der Waals surface area contributed by atoms with Crippen molar-refractivity contribution in [2.24, 2.45) is 5.92 Å². The molecule has 19 heavy (non-hydrogen) atoms. The number of hydrogen-bond acceptors (Lipinski definition) is 2. The third-order valence-electron chi connectivity index (χ3n) is 4.46. The summed E-state index contributed by atoms with van der Waals surface area (Å²) in [4.78, 5) is 12.7. The van der Waals surface area contributed by atoms with Crippen molar-refractivity contribution in [1.29, 1.82) is 0 Å². The SMILES string of the molecule is COC(C(=O)c1cccc(C)c1C)C1CCCCC1. The number of Topliss-reactive ketones (excluding diaryl/α,β-unsaturated/α-hetero) is 1. The number of ketones is 1. The molecule has 0 aromatic heterocycles. The van der Waals surface area contributed by atoms with Crippen LogP contribution >= 0.6 is 0 Å². The summed E-state index contributed by atoms with van der Waals surface area (Å²) in [6.07, 6.45) is 5.73. The molecule has 0 aliphatic heterocycles. The highest BCUT2D eigenvalue weighted by atomic mass is 16.5. The summed E-state index contributed by atoms with van der Waals surface area (Å²) in [5, 5.41) is 0. The number of methoxy groups -OCH3 is 1. The Morgan fingerprint density at radius 1 is 1.21 bits per heavy atom. The van der Waals surface area contributed by atoms with E-state index in [2.05, 4.69) is 13.0 Å². The Morgan fingerprint density at radius 2 is 1.89 bits per heavy atom. The van der Waals surface area contributed by atoms with Gasteiger partial charge in [0.05, 0.1) is 0 Å². The highest BCUT2D eigenvalue weighted by molar-refractivity contribution is 6.01. The van der Waals surface area contributed by atoms with Crippen LogP contribution in [0.3, 0.4) is 0 Å². The lowest BCUT2D eigenvalue weighted by Gasteiger charge is -2.28. The molecule has 1 aliphatic carbocycles. The molecule has 0 radical (unpaired) electrons. The van der Waals surface area contributed by atoms with E-state index in [1.807, 2.05) is 19.1 Å². The van der Waals surface area contributed by atoms with Crippen molar-refractivity contribution >= 4 is 5.78 Å². The number of carbonyl (C=O) groups excluding carboxylic acids is 1. The molecule has 0 spiro atoms. The summed E-state index contributed by atoms with van der Waals surface area (Å²) in [7, 11) is 1.67. The lowest BCUT2D eigenvalue weighted by molar-refractivity contribution is 0.0313. The maximum absolute atomic E-state index is 12.7. The van der Waals surface area contributed by atoms with E-state index in [4.69, 9.17) is 4.74 Å². The maximum atomic E-state index is 12.7. The van der Waals surface area contributed by atoms with Gasteiger partial charge in [0.2, 0.25) is 0 Å². The van der Waals surface area contributed by atoms with Crippen LogP contribution in [0.2, 0.25) is 0 Å². The first-order valence-corrected chi connectivity index (χ1v) is 7.28. The molecule has 2 heteroatoms. The average Bonchev–Trinajstić information content (AvgIpc) is 2.44. The van der Waals surface area contributed by atoms with E-state index in [-0.39, 0.29) is 11.9 Å². The second-order valence-corrected chi connectivity index (χ2v) is 5.67. The molecule has 0 bridgehead atoms. The topological polar surface area (TPSA) is 26.3 Å². The van der Waals surface area contributed by atoms with Crippen molar-refractivity contribution in [3.05, 3.63) is 34.9 Å². The number of rotatable bonds is 4. The van der Waals surface area contributed by atoms with Gasteiger partial charge in [-0.05, 0) is 43.7 Å². The van der Waals surface area contributed by atoms with E-state index in [0.29, 0.717) is 5.92 Å². The molecule has 1 unspecified atom stereocenters. The van der Waals surface area contributed by atoms with Crippen molar-refractivity contribution in [2.45, 2.75) is 52.1 Å². The molecular weight excluding hydrogens is 236 g/mol. The van der Waals surface area contributed by atoms with Crippen LogP contribution in [0.15, 0.2) is 18.2 Å². The third kappa shape index (κ3) is 3.06. The summed E-state index contributed by atoms with van der Waals surface area (Å²) < 4.78 is 5.55. The smallest absolute Gasteiger partial charge is 0.192 e. The zero-order valence-corrected chi connectivity index (χ0v) is 12.2. The van der Waals surface area contributed by atoms with E-state index in [0.717, 1.165) is 24.0 Å². The first-order valence-electron chi connectivity index (χ1n) is 7.28. The predicted octanol–water partition coefficient (Wildman–Crippen LogP) is 4.08. The quantitative estimate of drug-likeness (QED) is 0.762. The second kappa shape index (κ2) is 6.33. The number of ether oxygens (including phenoxy) is 1. The van der Waals surface area contributed by atoms with Crippen LogP contribution in [0.25, 0.3) is 0 Å². The minimum absolute atomic E-state index is 0.163. The van der Waals surface area contributed by atoms with E-state index < -0.39 is 0 Å². The molecule has 1 aromatic rings. The largest absolute Gasteiger partial charge is 0.373 e. The van der Waals surface area contributed by atoms with Gasteiger partial charge in [0.15, 0.2) is 5.78 Å². The minimum atomic E-state index is -0.263. The number of aryl methyl sites for hydroxylation is 1. The Morgan fingerprint density at radius 3 is 2.53 bits per heavy atom. The molecular formula is C17H24O2. The summed E-state index contributed by atoms with van der Waals surface area (Å²) in [5.41, 5.74) is 3.09. The van der Waals surface area contributed by atoms with Gasteiger partial charge in [-0.1, -0.05) is 37.5 Å². The van der Waals surface area contributed by atoms with E-state index in [1.54, 1.807) is 7.11 Å². The Kier molecular flexibility index (Phi) is 4.76. The Hall–Kier alpha value is -1.15. The lowest BCUT2D eigenvalue weighted by atomic mass is 9.81. The third-order valence-corrected chi connectivity index (χ3v) is 4.46. The Labute approximate surface area is 116 Å². The van der Waals surface area contributed by atoms with E-state index in [1.165, 1.54) is 24.8 Å². The van der Waals surface area contributed by atoms with Crippen molar-refractivity contribution in [3.63, 3.8) is 0 Å². The highest BCUT2D eigenvalue weighted by Gasteiger charge is 2.30. The molecule has 1 fully saturated rings. The molecule has 1 atom stereocenters. The minimum Gasteiger partial charge on any atom is -0.373 e. The van der Waals surface area contributed by atoms with Crippen LogP contribution in [-0.2, 0) is 4.74 Å². The van der Waals surface area contributed by atoms with Gasteiger partial charge in [0.25, 0.3) is 0 Å². The van der Waals surface area contributed by atoms with Gasteiger partial charge in [-0.15, -0.1) is 0 Å².